The Balaban J connectivity index is 2.05. The van der Waals surface area contributed by atoms with Crippen LogP contribution in [0.5, 0.6) is 0 Å². The van der Waals surface area contributed by atoms with Crippen molar-refractivity contribution in [1.29, 1.82) is 0 Å². The van der Waals surface area contributed by atoms with Crippen molar-refractivity contribution in [1.82, 2.24) is 10.6 Å². The van der Waals surface area contributed by atoms with Crippen LogP contribution in [0.3, 0.4) is 0 Å². The van der Waals surface area contributed by atoms with Crippen molar-refractivity contribution in [2.75, 3.05) is 20.3 Å². The average molecular weight is 200 g/mol. The first-order chi connectivity index (χ1) is 6.72. The molecule has 1 saturated heterocycles. The zero-order valence-electron chi connectivity index (χ0n) is 9.01. The molecular formula is C10H20N2O2. The van der Waals surface area contributed by atoms with Gasteiger partial charge in [0.1, 0.15) is 0 Å². The van der Waals surface area contributed by atoms with Crippen LogP contribution in [0.2, 0.25) is 0 Å². The molecule has 1 rings (SSSR count). The average Bonchev–Trinajstić information content (AvgIpc) is 2.58. The van der Waals surface area contributed by atoms with E-state index < -0.39 is 0 Å². The fourth-order valence-corrected chi connectivity index (χ4v) is 1.57. The zero-order chi connectivity index (χ0) is 10.4. The third kappa shape index (κ3) is 4.07. The van der Waals surface area contributed by atoms with Gasteiger partial charge in [0.05, 0.1) is 0 Å². The van der Waals surface area contributed by atoms with Crippen molar-refractivity contribution < 1.29 is 9.53 Å². The van der Waals surface area contributed by atoms with Crippen LogP contribution in [0, 0.1) is 0 Å². The van der Waals surface area contributed by atoms with Gasteiger partial charge in [0.2, 0.25) is 5.91 Å². The molecule has 1 fully saturated rings. The Labute approximate surface area is 85.4 Å². The normalized spacial score (nSPS) is 23.6. The molecule has 1 heterocycles. The molecule has 2 unspecified atom stereocenters. The molecule has 0 bridgehead atoms. The Hall–Kier alpha value is -0.610. The van der Waals surface area contributed by atoms with Crippen molar-refractivity contribution in [2.45, 2.75) is 38.3 Å². The summed E-state index contributed by atoms with van der Waals surface area (Å²) < 4.78 is 4.99. The molecular weight excluding hydrogens is 180 g/mol. The van der Waals surface area contributed by atoms with E-state index in [2.05, 4.69) is 17.6 Å². The van der Waals surface area contributed by atoms with Gasteiger partial charge in [0.25, 0.3) is 0 Å². The minimum absolute atomic E-state index is 0.182. The maximum atomic E-state index is 10.9. The molecule has 82 valence electrons. The SMILES string of the molecule is COCCC(C)NCC1CCC(=O)N1. The van der Waals surface area contributed by atoms with Gasteiger partial charge in [-0.1, -0.05) is 0 Å². The number of ether oxygens (including phenoxy) is 1. The number of carbonyl (C=O) groups is 1. The van der Waals surface area contributed by atoms with Gasteiger partial charge in [0.15, 0.2) is 0 Å². The monoisotopic (exact) mass is 200 g/mol. The highest BCUT2D eigenvalue weighted by Gasteiger charge is 2.20. The lowest BCUT2D eigenvalue weighted by molar-refractivity contribution is -0.119. The van der Waals surface area contributed by atoms with E-state index in [-0.39, 0.29) is 5.91 Å². The van der Waals surface area contributed by atoms with Gasteiger partial charge in [-0.25, -0.2) is 0 Å². The first-order valence-corrected chi connectivity index (χ1v) is 5.24. The molecule has 0 aromatic carbocycles. The predicted molar refractivity (Wildman–Crippen MR) is 55.1 cm³/mol. The van der Waals surface area contributed by atoms with Crippen molar-refractivity contribution in [3.63, 3.8) is 0 Å². The highest BCUT2D eigenvalue weighted by atomic mass is 16.5. The van der Waals surface area contributed by atoms with E-state index >= 15 is 0 Å². The van der Waals surface area contributed by atoms with Crippen LogP contribution in [-0.4, -0.2) is 38.3 Å². The summed E-state index contributed by atoms with van der Waals surface area (Å²) >= 11 is 0. The lowest BCUT2D eigenvalue weighted by atomic mass is 10.2. The third-order valence-electron chi connectivity index (χ3n) is 2.55. The van der Waals surface area contributed by atoms with Gasteiger partial charge in [-0.3, -0.25) is 4.79 Å². The maximum absolute atomic E-state index is 10.9. The number of nitrogens with one attached hydrogen (secondary N) is 2. The summed E-state index contributed by atoms with van der Waals surface area (Å²) in [6.45, 7) is 3.79. The van der Waals surface area contributed by atoms with Crippen LogP contribution in [0.4, 0.5) is 0 Å². The smallest absolute Gasteiger partial charge is 0.220 e. The van der Waals surface area contributed by atoms with E-state index in [0.717, 1.165) is 26.0 Å². The molecule has 0 saturated carbocycles. The Morgan fingerprint density at radius 2 is 2.50 bits per heavy atom. The molecule has 0 aliphatic carbocycles. The van der Waals surface area contributed by atoms with Crippen molar-refractivity contribution in [2.24, 2.45) is 0 Å². The van der Waals surface area contributed by atoms with Crippen LogP contribution in [0.25, 0.3) is 0 Å². The predicted octanol–water partition coefficient (Wildman–Crippen LogP) is 0.280. The summed E-state index contributed by atoms with van der Waals surface area (Å²) in [4.78, 5) is 10.9. The number of hydrogen-bond acceptors (Lipinski definition) is 3. The fourth-order valence-electron chi connectivity index (χ4n) is 1.57. The second-order valence-corrected chi connectivity index (χ2v) is 3.89. The Morgan fingerprint density at radius 1 is 1.71 bits per heavy atom. The third-order valence-corrected chi connectivity index (χ3v) is 2.55. The first kappa shape index (κ1) is 11.5. The highest BCUT2D eigenvalue weighted by molar-refractivity contribution is 5.78. The number of methoxy groups -OCH3 is 1. The molecule has 0 spiro atoms. The van der Waals surface area contributed by atoms with Crippen LogP contribution in [0.1, 0.15) is 26.2 Å². The lowest BCUT2D eigenvalue weighted by Crippen LogP contribution is -2.39. The van der Waals surface area contributed by atoms with E-state index in [1.54, 1.807) is 7.11 Å². The summed E-state index contributed by atoms with van der Waals surface area (Å²) in [5, 5.41) is 6.32. The summed E-state index contributed by atoms with van der Waals surface area (Å²) in [6.07, 6.45) is 2.65. The van der Waals surface area contributed by atoms with Gasteiger partial charge in [-0.2, -0.15) is 0 Å². The molecule has 4 heteroatoms. The van der Waals surface area contributed by atoms with Crippen LogP contribution >= 0.6 is 0 Å². The molecule has 2 N–H and O–H groups in total. The first-order valence-electron chi connectivity index (χ1n) is 5.24. The second-order valence-electron chi connectivity index (χ2n) is 3.89. The quantitative estimate of drug-likeness (QED) is 0.647. The molecule has 14 heavy (non-hydrogen) atoms. The van der Waals surface area contributed by atoms with Crippen molar-refractivity contribution >= 4 is 5.91 Å². The fraction of sp³-hybridized carbons (Fsp3) is 0.900. The lowest BCUT2D eigenvalue weighted by Gasteiger charge is -2.16. The second kappa shape index (κ2) is 5.98. The Bertz CT molecular complexity index is 185. The van der Waals surface area contributed by atoms with Gasteiger partial charge < -0.3 is 15.4 Å². The van der Waals surface area contributed by atoms with Crippen LogP contribution in [0.15, 0.2) is 0 Å². The number of hydrogen-bond donors (Lipinski definition) is 2. The molecule has 1 aliphatic rings. The number of amides is 1. The van der Waals surface area contributed by atoms with E-state index in [0.29, 0.717) is 18.5 Å². The maximum Gasteiger partial charge on any atom is 0.220 e. The molecule has 4 nitrogen and oxygen atoms in total. The van der Waals surface area contributed by atoms with Crippen molar-refractivity contribution in [3.05, 3.63) is 0 Å². The molecule has 0 radical (unpaired) electrons. The molecule has 1 amide bonds. The molecule has 0 aromatic heterocycles. The Morgan fingerprint density at radius 3 is 3.07 bits per heavy atom. The summed E-state index contributed by atoms with van der Waals surface area (Å²) in [5.41, 5.74) is 0. The summed E-state index contributed by atoms with van der Waals surface area (Å²) in [6, 6.07) is 0.778. The van der Waals surface area contributed by atoms with Crippen LogP contribution < -0.4 is 10.6 Å². The molecule has 0 aromatic rings. The van der Waals surface area contributed by atoms with Gasteiger partial charge >= 0.3 is 0 Å². The Kier molecular flexibility index (Phi) is 4.90. The highest BCUT2D eigenvalue weighted by Crippen LogP contribution is 2.05. The van der Waals surface area contributed by atoms with E-state index in [4.69, 9.17) is 4.74 Å². The standard InChI is InChI=1S/C10H20N2O2/c1-8(5-6-14-2)11-7-9-3-4-10(13)12-9/h8-9,11H,3-7H2,1-2H3,(H,12,13). The number of carbonyl (C=O) groups excluding carboxylic acids is 1. The van der Waals surface area contributed by atoms with E-state index in [1.807, 2.05) is 0 Å². The van der Waals surface area contributed by atoms with E-state index in [1.165, 1.54) is 0 Å². The minimum Gasteiger partial charge on any atom is -0.385 e. The topological polar surface area (TPSA) is 50.4 Å². The van der Waals surface area contributed by atoms with Gasteiger partial charge in [-0.15, -0.1) is 0 Å². The zero-order valence-corrected chi connectivity index (χ0v) is 9.01. The van der Waals surface area contributed by atoms with Gasteiger partial charge in [0, 0.05) is 38.8 Å². The summed E-state index contributed by atoms with van der Waals surface area (Å²) in [7, 11) is 1.71. The van der Waals surface area contributed by atoms with Gasteiger partial charge in [-0.05, 0) is 19.8 Å². The van der Waals surface area contributed by atoms with E-state index in [9.17, 15) is 4.79 Å². The number of rotatable bonds is 6. The minimum atomic E-state index is 0.182. The molecule has 2 atom stereocenters. The van der Waals surface area contributed by atoms with Crippen LogP contribution in [-0.2, 0) is 9.53 Å². The largest absolute Gasteiger partial charge is 0.385 e. The molecule has 1 aliphatic heterocycles. The summed E-state index contributed by atoms with van der Waals surface area (Å²) in [5.74, 6) is 0.182. The van der Waals surface area contributed by atoms with Crippen molar-refractivity contribution in [3.8, 4) is 0 Å².